The van der Waals surface area contributed by atoms with Gasteiger partial charge in [-0.2, -0.15) is 0 Å². The summed E-state index contributed by atoms with van der Waals surface area (Å²) in [6.45, 7) is 0.249. The summed E-state index contributed by atoms with van der Waals surface area (Å²) in [5.41, 5.74) is 1.26. The van der Waals surface area contributed by atoms with E-state index in [4.69, 9.17) is 5.11 Å². The largest absolute Gasteiger partial charge is 0.477 e. The molecule has 7 heteroatoms. The minimum absolute atomic E-state index is 0.0337. The van der Waals surface area contributed by atoms with Crippen molar-refractivity contribution in [3.05, 3.63) is 54.1 Å². The van der Waals surface area contributed by atoms with Gasteiger partial charge in [0.05, 0.1) is 11.9 Å². The highest BCUT2D eigenvalue weighted by molar-refractivity contribution is 5.89. The third-order valence-electron chi connectivity index (χ3n) is 2.42. The molecule has 0 bridgehead atoms. The molecule has 7 nitrogen and oxygen atoms in total. The van der Waals surface area contributed by atoms with Crippen LogP contribution in [-0.4, -0.2) is 27.1 Å². The zero-order valence-electron chi connectivity index (χ0n) is 10.4. The van der Waals surface area contributed by atoms with Crippen molar-refractivity contribution >= 4 is 17.7 Å². The number of aromatic carboxylic acids is 1. The van der Waals surface area contributed by atoms with Crippen molar-refractivity contribution in [2.45, 2.75) is 6.54 Å². The summed E-state index contributed by atoms with van der Waals surface area (Å²) in [5.74, 6) is -1.08. The molecule has 3 N–H and O–H groups in total. The van der Waals surface area contributed by atoms with E-state index in [0.717, 1.165) is 0 Å². The van der Waals surface area contributed by atoms with Gasteiger partial charge < -0.3 is 15.7 Å². The predicted octanol–water partition coefficient (Wildman–Crippen LogP) is 1.50. The van der Waals surface area contributed by atoms with Gasteiger partial charge in [0, 0.05) is 18.9 Å². The first-order valence-corrected chi connectivity index (χ1v) is 5.78. The Balaban J connectivity index is 1.85. The molecule has 0 aliphatic carbocycles. The van der Waals surface area contributed by atoms with E-state index >= 15 is 0 Å². The monoisotopic (exact) mass is 272 g/mol. The van der Waals surface area contributed by atoms with E-state index in [1.54, 1.807) is 24.4 Å². The van der Waals surface area contributed by atoms with Crippen molar-refractivity contribution < 1.29 is 14.7 Å². The number of carbonyl (C=O) groups is 2. The van der Waals surface area contributed by atoms with Crippen molar-refractivity contribution in [3.63, 3.8) is 0 Å². The number of amides is 2. The normalized spacial score (nSPS) is 9.80. The molecule has 2 aromatic heterocycles. The molecule has 2 heterocycles. The summed E-state index contributed by atoms with van der Waals surface area (Å²) in [4.78, 5) is 29.9. The van der Waals surface area contributed by atoms with Crippen LogP contribution in [0.2, 0.25) is 0 Å². The van der Waals surface area contributed by atoms with Gasteiger partial charge in [-0.3, -0.25) is 4.98 Å². The van der Waals surface area contributed by atoms with Crippen molar-refractivity contribution in [2.75, 3.05) is 5.32 Å². The van der Waals surface area contributed by atoms with Gasteiger partial charge in [0.15, 0.2) is 0 Å². The van der Waals surface area contributed by atoms with Gasteiger partial charge in [-0.05, 0) is 23.8 Å². The van der Waals surface area contributed by atoms with Crippen LogP contribution in [0.25, 0.3) is 0 Å². The van der Waals surface area contributed by atoms with E-state index < -0.39 is 5.97 Å². The summed E-state index contributed by atoms with van der Waals surface area (Å²) < 4.78 is 0. The summed E-state index contributed by atoms with van der Waals surface area (Å²) >= 11 is 0. The average molecular weight is 272 g/mol. The maximum Gasteiger partial charge on any atom is 0.354 e. The zero-order chi connectivity index (χ0) is 14.4. The molecular weight excluding hydrogens is 260 g/mol. The van der Waals surface area contributed by atoms with Gasteiger partial charge in [0.25, 0.3) is 0 Å². The molecule has 0 aromatic carbocycles. The SMILES string of the molecule is O=C(NCc1ccc(C(=O)O)nc1)Nc1cccnc1. The van der Waals surface area contributed by atoms with Crippen LogP contribution >= 0.6 is 0 Å². The molecule has 0 saturated carbocycles. The van der Waals surface area contributed by atoms with Gasteiger partial charge in [-0.15, -0.1) is 0 Å². The highest BCUT2D eigenvalue weighted by Crippen LogP contribution is 2.03. The van der Waals surface area contributed by atoms with Crippen LogP contribution < -0.4 is 10.6 Å². The quantitative estimate of drug-likeness (QED) is 0.782. The van der Waals surface area contributed by atoms with Crippen LogP contribution in [0.1, 0.15) is 16.1 Å². The van der Waals surface area contributed by atoms with Crippen molar-refractivity contribution in [2.24, 2.45) is 0 Å². The van der Waals surface area contributed by atoms with Gasteiger partial charge in [0.1, 0.15) is 5.69 Å². The fourth-order valence-electron chi connectivity index (χ4n) is 1.45. The Morgan fingerprint density at radius 1 is 1.20 bits per heavy atom. The minimum Gasteiger partial charge on any atom is -0.477 e. The zero-order valence-corrected chi connectivity index (χ0v) is 10.4. The second-order valence-electron chi connectivity index (χ2n) is 3.91. The molecule has 0 fully saturated rings. The van der Waals surface area contributed by atoms with E-state index in [1.807, 2.05) is 0 Å². The molecule has 2 amide bonds. The lowest BCUT2D eigenvalue weighted by Gasteiger charge is -2.07. The third kappa shape index (κ3) is 3.77. The second kappa shape index (κ2) is 6.28. The van der Waals surface area contributed by atoms with Crippen molar-refractivity contribution in [3.8, 4) is 0 Å². The van der Waals surface area contributed by atoms with Gasteiger partial charge >= 0.3 is 12.0 Å². The number of carbonyl (C=O) groups excluding carboxylic acids is 1. The number of aromatic nitrogens is 2. The lowest BCUT2D eigenvalue weighted by molar-refractivity contribution is 0.0690. The van der Waals surface area contributed by atoms with E-state index in [2.05, 4.69) is 20.6 Å². The number of nitrogens with one attached hydrogen (secondary N) is 2. The van der Waals surface area contributed by atoms with Gasteiger partial charge in [-0.25, -0.2) is 14.6 Å². The molecule has 0 unspecified atom stereocenters. The molecule has 0 aliphatic rings. The molecule has 0 aliphatic heterocycles. The number of carboxylic acids is 1. The highest BCUT2D eigenvalue weighted by atomic mass is 16.4. The fourth-order valence-corrected chi connectivity index (χ4v) is 1.45. The van der Waals surface area contributed by atoms with Crippen LogP contribution in [0.4, 0.5) is 10.5 Å². The molecule has 0 radical (unpaired) electrons. The Labute approximate surface area is 114 Å². The standard InChI is InChI=1S/C13H12N4O3/c18-12(19)11-4-3-9(6-15-11)7-16-13(20)17-10-2-1-5-14-8-10/h1-6,8H,7H2,(H,18,19)(H2,16,17,20). The van der Waals surface area contributed by atoms with Crippen LogP contribution in [0.3, 0.4) is 0 Å². The van der Waals surface area contributed by atoms with E-state index in [9.17, 15) is 9.59 Å². The smallest absolute Gasteiger partial charge is 0.354 e. The summed E-state index contributed by atoms with van der Waals surface area (Å²) in [5, 5.41) is 14.0. The average Bonchev–Trinajstić information content (AvgIpc) is 2.46. The third-order valence-corrected chi connectivity index (χ3v) is 2.42. The number of hydrogen-bond donors (Lipinski definition) is 3. The van der Waals surface area contributed by atoms with Gasteiger partial charge in [-0.1, -0.05) is 6.07 Å². The van der Waals surface area contributed by atoms with Crippen molar-refractivity contribution in [1.29, 1.82) is 0 Å². The first-order chi connectivity index (χ1) is 9.65. The highest BCUT2D eigenvalue weighted by Gasteiger charge is 2.05. The lowest BCUT2D eigenvalue weighted by Crippen LogP contribution is -2.28. The Morgan fingerprint density at radius 2 is 2.05 bits per heavy atom. The van der Waals surface area contributed by atoms with E-state index in [-0.39, 0.29) is 18.3 Å². The molecule has 2 rings (SSSR count). The minimum atomic E-state index is -1.08. The maximum atomic E-state index is 11.6. The summed E-state index contributed by atoms with van der Waals surface area (Å²) in [6, 6.07) is 6.04. The number of anilines is 1. The fraction of sp³-hybridized carbons (Fsp3) is 0.0769. The Hall–Kier alpha value is -2.96. The molecule has 2 aromatic rings. The van der Waals surface area contributed by atoms with Crippen LogP contribution in [0, 0.1) is 0 Å². The molecule has 0 atom stereocenters. The molecule has 20 heavy (non-hydrogen) atoms. The van der Waals surface area contributed by atoms with Crippen LogP contribution in [0.15, 0.2) is 42.9 Å². The molecular formula is C13H12N4O3. The Kier molecular flexibility index (Phi) is 4.23. The van der Waals surface area contributed by atoms with E-state index in [1.165, 1.54) is 18.5 Å². The van der Waals surface area contributed by atoms with Crippen LogP contribution in [0.5, 0.6) is 0 Å². The number of rotatable bonds is 4. The van der Waals surface area contributed by atoms with E-state index in [0.29, 0.717) is 11.3 Å². The maximum absolute atomic E-state index is 11.6. The first kappa shape index (κ1) is 13.5. The lowest BCUT2D eigenvalue weighted by atomic mass is 10.2. The molecule has 0 spiro atoms. The number of carboxylic acid groups (broad SMARTS) is 1. The topological polar surface area (TPSA) is 104 Å². The predicted molar refractivity (Wildman–Crippen MR) is 71.3 cm³/mol. The number of hydrogen-bond acceptors (Lipinski definition) is 4. The Morgan fingerprint density at radius 3 is 2.65 bits per heavy atom. The summed E-state index contributed by atoms with van der Waals surface area (Å²) in [7, 11) is 0. The second-order valence-corrected chi connectivity index (χ2v) is 3.91. The number of urea groups is 1. The van der Waals surface area contributed by atoms with Crippen molar-refractivity contribution in [1.82, 2.24) is 15.3 Å². The number of pyridine rings is 2. The number of nitrogens with zero attached hydrogens (tertiary/aromatic N) is 2. The Bertz CT molecular complexity index is 599. The summed E-state index contributed by atoms with van der Waals surface area (Å²) in [6.07, 6.45) is 4.55. The molecule has 102 valence electrons. The van der Waals surface area contributed by atoms with Crippen LogP contribution in [-0.2, 0) is 6.54 Å². The molecule has 0 saturated heterocycles. The van der Waals surface area contributed by atoms with Gasteiger partial charge in [0.2, 0.25) is 0 Å². The first-order valence-electron chi connectivity index (χ1n) is 5.78.